The van der Waals surface area contributed by atoms with Gasteiger partial charge in [-0.2, -0.15) is 9.98 Å². The van der Waals surface area contributed by atoms with Crippen LogP contribution in [-0.2, 0) is 9.47 Å². The van der Waals surface area contributed by atoms with E-state index >= 15 is 0 Å². The van der Waals surface area contributed by atoms with E-state index in [-0.39, 0.29) is 12.4 Å². The van der Waals surface area contributed by atoms with Crippen LogP contribution in [-0.4, -0.2) is 31.0 Å². The number of benzene rings is 2. The second-order valence-electron chi connectivity index (χ2n) is 4.72. The lowest BCUT2D eigenvalue weighted by Crippen LogP contribution is -2.12. The Morgan fingerprint density at radius 3 is 1.88 bits per heavy atom. The van der Waals surface area contributed by atoms with E-state index in [4.69, 9.17) is 9.47 Å². The van der Waals surface area contributed by atoms with Gasteiger partial charge < -0.3 is 9.47 Å². The van der Waals surface area contributed by atoms with Crippen molar-refractivity contribution in [3.05, 3.63) is 71.8 Å². The molecule has 124 valence electrons. The van der Waals surface area contributed by atoms with Crippen LogP contribution in [0.15, 0.2) is 70.6 Å². The van der Waals surface area contributed by atoms with Crippen LogP contribution in [0.3, 0.4) is 0 Å². The van der Waals surface area contributed by atoms with Crippen molar-refractivity contribution in [1.29, 1.82) is 0 Å². The monoisotopic (exact) mass is 324 g/mol. The quantitative estimate of drug-likeness (QED) is 0.629. The molecule has 0 aliphatic heterocycles. The molecule has 0 aliphatic rings. The number of carbonyl (C=O) groups is 1. The smallest absolute Gasteiger partial charge is 0.435 e. The molecule has 0 unspecified atom stereocenters. The van der Waals surface area contributed by atoms with Crippen LogP contribution in [0.25, 0.3) is 0 Å². The molecule has 0 saturated carbocycles. The van der Waals surface area contributed by atoms with Crippen molar-refractivity contribution in [2.45, 2.75) is 13.8 Å². The van der Waals surface area contributed by atoms with E-state index in [0.717, 1.165) is 5.56 Å². The molecule has 2 aromatic carbocycles. The first-order chi connectivity index (χ1) is 11.7. The summed E-state index contributed by atoms with van der Waals surface area (Å²) in [4.78, 5) is 20.2. The third-order valence-electron chi connectivity index (χ3n) is 3.01. The van der Waals surface area contributed by atoms with Gasteiger partial charge in [0.1, 0.15) is 0 Å². The molecule has 0 N–H and O–H groups in total. The molecule has 0 heterocycles. The maximum absolute atomic E-state index is 11.8. The molecule has 1 amide bonds. The number of carbonyl (C=O) groups excluding carboxylic acids is 1. The Morgan fingerprint density at radius 2 is 1.33 bits per heavy atom. The third-order valence-corrected chi connectivity index (χ3v) is 3.01. The Labute approximate surface area is 141 Å². The topological polar surface area (TPSA) is 60.2 Å². The SMILES string of the molecule is CCOC(=O)/N=C(/N=C(OCC)c1ccccc1)c1ccccc1. The molecule has 0 saturated heterocycles. The second kappa shape index (κ2) is 9.25. The van der Waals surface area contributed by atoms with Gasteiger partial charge in [0.15, 0.2) is 5.84 Å². The van der Waals surface area contributed by atoms with Crippen molar-refractivity contribution >= 4 is 17.8 Å². The van der Waals surface area contributed by atoms with Gasteiger partial charge in [0.2, 0.25) is 5.90 Å². The van der Waals surface area contributed by atoms with E-state index < -0.39 is 6.09 Å². The minimum absolute atomic E-state index is 0.251. The number of aliphatic imine (C=N–C) groups is 2. The predicted molar refractivity (Wildman–Crippen MR) is 94.6 cm³/mol. The molecule has 0 aromatic heterocycles. The van der Waals surface area contributed by atoms with Gasteiger partial charge in [-0.1, -0.05) is 48.5 Å². The molecular weight excluding hydrogens is 304 g/mol. The first kappa shape index (κ1) is 17.4. The molecule has 0 spiro atoms. The fourth-order valence-corrected chi connectivity index (χ4v) is 1.98. The Bertz CT molecular complexity index is 710. The maximum atomic E-state index is 11.8. The molecule has 24 heavy (non-hydrogen) atoms. The average Bonchev–Trinajstić information content (AvgIpc) is 2.62. The molecule has 2 aromatic rings. The fourth-order valence-electron chi connectivity index (χ4n) is 1.98. The molecule has 0 aliphatic carbocycles. The number of amidine groups is 1. The predicted octanol–water partition coefficient (Wildman–Crippen LogP) is 4.07. The Kier molecular flexibility index (Phi) is 6.71. The van der Waals surface area contributed by atoms with Crippen molar-refractivity contribution < 1.29 is 14.3 Å². The first-order valence-corrected chi connectivity index (χ1v) is 7.82. The number of hydrogen-bond acceptors (Lipinski definition) is 3. The van der Waals surface area contributed by atoms with Gasteiger partial charge in [-0.05, 0) is 26.0 Å². The lowest BCUT2D eigenvalue weighted by Gasteiger charge is -2.09. The Balaban J connectivity index is 2.46. The van der Waals surface area contributed by atoms with Crippen LogP contribution < -0.4 is 0 Å². The molecule has 5 heteroatoms. The molecule has 2 rings (SSSR count). The van der Waals surface area contributed by atoms with Crippen molar-refractivity contribution in [3.63, 3.8) is 0 Å². The highest BCUT2D eigenvalue weighted by atomic mass is 16.5. The van der Waals surface area contributed by atoms with Crippen LogP contribution in [0.5, 0.6) is 0 Å². The number of nitrogens with zero attached hydrogens (tertiary/aromatic N) is 2. The number of rotatable bonds is 4. The minimum atomic E-state index is -0.677. The highest BCUT2D eigenvalue weighted by Crippen LogP contribution is 2.09. The summed E-state index contributed by atoms with van der Waals surface area (Å²) in [7, 11) is 0. The van der Waals surface area contributed by atoms with Gasteiger partial charge in [-0.25, -0.2) is 4.79 Å². The lowest BCUT2D eigenvalue weighted by atomic mass is 10.2. The summed E-state index contributed by atoms with van der Waals surface area (Å²) in [5.74, 6) is 0.659. The zero-order chi connectivity index (χ0) is 17.2. The number of amides is 1. The fraction of sp³-hybridized carbons (Fsp3) is 0.211. The summed E-state index contributed by atoms with van der Waals surface area (Å²) in [5, 5.41) is 0. The highest BCUT2D eigenvalue weighted by Gasteiger charge is 2.11. The van der Waals surface area contributed by atoms with Gasteiger partial charge >= 0.3 is 6.09 Å². The molecular formula is C19H20N2O3. The molecule has 0 radical (unpaired) electrons. The number of ether oxygens (including phenoxy) is 2. The zero-order valence-electron chi connectivity index (χ0n) is 13.8. The van der Waals surface area contributed by atoms with Crippen molar-refractivity contribution in [3.8, 4) is 0 Å². The summed E-state index contributed by atoms with van der Waals surface area (Å²) in [6.45, 7) is 4.32. The van der Waals surface area contributed by atoms with Crippen LogP contribution >= 0.6 is 0 Å². The molecule has 0 atom stereocenters. The number of hydrogen-bond donors (Lipinski definition) is 0. The van der Waals surface area contributed by atoms with E-state index in [1.54, 1.807) is 6.92 Å². The maximum Gasteiger partial charge on any atom is 0.435 e. The summed E-state index contributed by atoms with van der Waals surface area (Å²) in [5.41, 5.74) is 1.52. The third kappa shape index (κ3) is 5.05. The summed E-state index contributed by atoms with van der Waals surface area (Å²) in [6, 6.07) is 18.7. The second-order valence-corrected chi connectivity index (χ2v) is 4.72. The van der Waals surface area contributed by atoms with Crippen molar-refractivity contribution in [2.24, 2.45) is 9.98 Å². The van der Waals surface area contributed by atoms with E-state index in [1.165, 1.54) is 0 Å². The molecule has 0 bridgehead atoms. The Hall–Kier alpha value is -2.95. The normalized spacial score (nSPS) is 11.9. The average molecular weight is 324 g/mol. The van der Waals surface area contributed by atoms with Gasteiger partial charge in [0.05, 0.1) is 13.2 Å². The highest BCUT2D eigenvalue weighted by molar-refractivity contribution is 6.12. The van der Waals surface area contributed by atoms with Gasteiger partial charge in [0.25, 0.3) is 0 Å². The summed E-state index contributed by atoms with van der Waals surface area (Å²) in [6.07, 6.45) is -0.677. The largest absolute Gasteiger partial charge is 0.477 e. The minimum Gasteiger partial charge on any atom is -0.477 e. The van der Waals surface area contributed by atoms with Crippen molar-refractivity contribution in [2.75, 3.05) is 13.2 Å². The van der Waals surface area contributed by atoms with Crippen LogP contribution in [0.1, 0.15) is 25.0 Å². The van der Waals surface area contributed by atoms with Gasteiger partial charge in [-0.3, -0.25) is 0 Å². The summed E-state index contributed by atoms with van der Waals surface area (Å²) >= 11 is 0. The van der Waals surface area contributed by atoms with Crippen LogP contribution in [0, 0.1) is 0 Å². The van der Waals surface area contributed by atoms with E-state index in [2.05, 4.69) is 9.98 Å². The lowest BCUT2D eigenvalue weighted by molar-refractivity contribution is 0.163. The van der Waals surface area contributed by atoms with Crippen LogP contribution in [0.2, 0.25) is 0 Å². The molecule has 0 fully saturated rings. The first-order valence-electron chi connectivity index (χ1n) is 7.82. The van der Waals surface area contributed by atoms with Crippen LogP contribution in [0.4, 0.5) is 4.79 Å². The van der Waals surface area contributed by atoms with E-state index in [9.17, 15) is 4.79 Å². The van der Waals surface area contributed by atoms with Crippen molar-refractivity contribution in [1.82, 2.24) is 0 Å². The van der Waals surface area contributed by atoms with Gasteiger partial charge in [-0.15, -0.1) is 0 Å². The Morgan fingerprint density at radius 1 is 0.792 bits per heavy atom. The van der Waals surface area contributed by atoms with E-state index in [0.29, 0.717) is 18.1 Å². The summed E-state index contributed by atoms with van der Waals surface area (Å²) < 4.78 is 10.5. The van der Waals surface area contributed by atoms with Gasteiger partial charge in [0, 0.05) is 11.1 Å². The molecule has 5 nitrogen and oxygen atoms in total. The van der Waals surface area contributed by atoms with E-state index in [1.807, 2.05) is 67.6 Å². The zero-order valence-corrected chi connectivity index (χ0v) is 13.8. The standard InChI is InChI=1S/C19H20N2O3/c1-3-23-18(16-13-9-6-10-14-16)20-17(21-19(22)24-4-2)15-11-7-5-8-12-15/h5-14H,3-4H2,1-2H3/b20-18?,21-17+.